The minimum Gasteiger partial charge on any atom is -0.494 e. The van der Waals surface area contributed by atoms with Gasteiger partial charge in [-0.1, -0.05) is 104 Å². The van der Waals surface area contributed by atoms with Crippen molar-refractivity contribution in [1.29, 1.82) is 0 Å². The average molecular weight is 652 g/mol. The minimum absolute atomic E-state index is 0.228. The van der Waals surface area contributed by atoms with E-state index in [9.17, 15) is 4.79 Å². The number of para-hydroxylation sites is 1. The molecule has 0 aliphatic carbocycles. The van der Waals surface area contributed by atoms with Gasteiger partial charge in [-0.25, -0.2) is 4.68 Å². The summed E-state index contributed by atoms with van der Waals surface area (Å²) in [5.41, 5.74) is 5.16. The van der Waals surface area contributed by atoms with Gasteiger partial charge >= 0.3 is 0 Å². The molecule has 7 aromatic rings. The van der Waals surface area contributed by atoms with E-state index in [4.69, 9.17) is 14.6 Å². The molecule has 8 nitrogen and oxygen atoms in total. The van der Waals surface area contributed by atoms with Crippen LogP contribution in [0, 0.1) is 0 Å². The van der Waals surface area contributed by atoms with Crippen LogP contribution >= 0.6 is 11.3 Å². The predicted molar refractivity (Wildman–Crippen MR) is 191 cm³/mol. The second-order valence-electron chi connectivity index (χ2n) is 11.2. The quantitative estimate of drug-likeness (QED) is 0.127. The molecule has 3 aromatic heterocycles. The lowest BCUT2D eigenvalue weighted by molar-refractivity contribution is 0.306. The summed E-state index contributed by atoms with van der Waals surface area (Å²) in [6.07, 6.45) is 9.66. The molecule has 0 N–H and O–H groups in total. The van der Waals surface area contributed by atoms with Crippen LogP contribution in [0.5, 0.6) is 11.5 Å². The van der Waals surface area contributed by atoms with Gasteiger partial charge in [-0.2, -0.15) is 14.6 Å². The molecule has 9 heteroatoms. The number of fused-ring (bicyclic) bond motifs is 1. The molecule has 0 saturated carbocycles. The van der Waals surface area contributed by atoms with Crippen LogP contribution in [0.2, 0.25) is 0 Å². The largest absolute Gasteiger partial charge is 0.494 e. The molecule has 3 heterocycles. The Kier molecular flexibility index (Phi) is 9.20. The van der Waals surface area contributed by atoms with Gasteiger partial charge in [-0.15, -0.1) is 5.10 Å². The highest BCUT2D eigenvalue weighted by Gasteiger charge is 2.15. The lowest BCUT2D eigenvalue weighted by atomic mass is 10.1. The first-order chi connectivity index (χ1) is 23.6. The van der Waals surface area contributed by atoms with Crippen molar-refractivity contribution >= 4 is 34.5 Å². The van der Waals surface area contributed by atoms with Crippen molar-refractivity contribution in [3.8, 4) is 28.4 Å². The van der Waals surface area contributed by atoms with E-state index in [1.807, 2.05) is 138 Å². The second-order valence-corrected chi connectivity index (χ2v) is 12.2. The fourth-order valence-corrected chi connectivity index (χ4v) is 6.05. The van der Waals surface area contributed by atoms with Gasteiger partial charge in [0.05, 0.1) is 16.8 Å². The molecule has 238 valence electrons. The number of rotatable bonds is 12. The molecule has 0 fully saturated rings. The number of hydrogen-bond donors (Lipinski definition) is 0. The SMILES string of the molecule is CCCCOc1ccc(/C=C/c2nc3s/c(=C\c4cn(-c5ccccc5)nc4-c4cccc(OCc5ccccc5)c4)c(=O)n3n2)cc1. The molecule has 0 aliphatic rings. The first-order valence-electron chi connectivity index (χ1n) is 15.9. The lowest BCUT2D eigenvalue weighted by Gasteiger charge is -2.08. The van der Waals surface area contributed by atoms with Crippen molar-refractivity contribution < 1.29 is 9.47 Å². The van der Waals surface area contributed by atoms with Crippen LogP contribution in [0.3, 0.4) is 0 Å². The van der Waals surface area contributed by atoms with Gasteiger partial charge in [0.25, 0.3) is 5.56 Å². The number of aromatic nitrogens is 5. The van der Waals surface area contributed by atoms with Crippen LogP contribution in [0.1, 0.15) is 42.3 Å². The van der Waals surface area contributed by atoms with E-state index in [0.717, 1.165) is 58.0 Å². The molecule has 7 rings (SSSR count). The molecule has 0 atom stereocenters. The maximum Gasteiger partial charge on any atom is 0.291 e. The summed E-state index contributed by atoms with van der Waals surface area (Å²) in [6, 6.07) is 35.7. The highest BCUT2D eigenvalue weighted by Crippen LogP contribution is 2.28. The van der Waals surface area contributed by atoms with Gasteiger partial charge in [0.1, 0.15) is 23.8 Å². The average Bonchev–Trinajstić information content (AvgIpc) is 3.82. The van der Waals surface area contributed by atoms with Crippen LogP contribution in [-0.4, -0.2) is 31.0 Å². The summed E-state index contributed by atoms with van der Waals surface area (Å²) in [6.45, 7) is 3.32. The summed E-state index contributed by atoms with van der Waals surface area (Å²) in [7, 11) is 0. The molecule has 0 aliphatic heterocycles. The number of unbranched alkanes of at least 4 members (excludes halogenated alkanes) is 1. The van der Waals surface area contributed by atoms with Crippen LogP contribution in [0.15, 0.2) is 120 Å². The fourth-order valence-electron chi connectivity index (χ4n) is 5.15. The molecule has 0 radical (unpaired) electrons. The first kappa shape index (κ1) is 30.8. The standard InChI is InChI=1S/C39H33N5O3S/c1-2-3-23-46-33-20-17-28(18-21-33)19-22-36-40-39-44(41-36)38(45)35(48-39)25-31-26-43(32-14-8-5-9-15-32)42-37(31)30-13-10-16-34(24-30)47-27-29-11-6-4-7-12-29/h4-22,24-26H,2-3,23,27H2,1H3/b22-19+,35-25-. The zero-order valence-corrected chi connectivity index (χ0v) is 27.2. The Bertz CT molecular complexity index is 2270. The van der Waals surface area contributed by atoms with Crippen molar-refractivity contribution in [1.82, 2.24) is 24.4 Å². The van der Waals surface area contributed by atoms with Gasteiger partial charge in [-0.05, 0) is 66.1 Å². The maximum atomic E-state index is 13.5. The van der Waals surface area contributed by atoms with Crippen LogP contribution in [0.25, 0.3) is 40.1 Å². The summed E-state index contributed by atoms with van der Waals surface area (Å²) in [5, 5.41) is 9.43. The van der Waals surface area contributed by atoms with Gasteiger partial charge in [-0.3, -0.25) is 4.79 Å². The number of hydrogen-bond acceptors (Lipinski definition) is 7. The molecule has 4 aromatic carbocycles. The third-order valence-electron chi connectivity index (χ3n) is 7.68. The third kappa shape index (κ3) is 7.11. The van der Waals surface area contributed by atoms with E-state index >= 15 is 0 Å². The van der Waals surface area contributed by atoms with Crippen molar-refractivity contribution in [2.24, 2.45) is 0 Å². The van der Waals surface area contributed by atoms with Crippen molar-refractivity contribution in [2.45, 2.75) is 26.4 Å². The Labute approximate surface area is 281 Å². The highest BCUT2D eigenvalue weighted by molar-refractivity contribution is 7.15. The second kappa shape index (κ2) is 14.3. The Morgan fingerprint density at radius 2 is 1.60 bits per heavy atom. The van der Waals surface area contributed by atoms with E-state index < -0.39 is 0 Å². The highest BCUT2D eigenvalue weighted by atomic mass is 32.1. The van der Waals surface area contributed by atoms with E-state index in [-0.39, 0.29) is 5.56 Å². The number of thiazole rings is 1. The Morgan fingerprint density at radius 3 is 2.38 bits per heavy atom. The maximum absolute atomic E-state index is 13.5. The zero-order chi connectivity index (χ0) is 32.7. The molecular weight excluding hydrogens is 619 g/mol. The van der Waals surface area contributed by atoms with Crippen molar-refractivity contribution in [2.75, 3.05) is 6.61 Å². The van der Waals surface area contributed by atoms with E-state index in [0.29, 0.717) is 28.5 Å². The van der Waals surface area contributed by atoms with Gasteiger partial charge in [0, 0.05) is 17.3 Å². The molecule has 0 bridgehead atoms. The number of ether oxygens (including phenoxy) is 2. The Balaban J connectivity index is 1.17. The van der Waals surface area contributed by atoms with Crippen molar-refractivity contribution in [3.63, 3.8) is 0 Å². The van der Waals surface area contributed by atoms with Gasteiger partial charge in [0.15, 0.2) is 5.82 Å². The Morgan fingerprint density at radius 1 is 0.812 bits per heavy atom. The first-order valence-corrected chi connectivity index (χ1v) is 16.7. The zero-order valence-electron chi connectivity index (χ0n) is 26.4. The molecule has 48 heavy (non-hydrogen) atoms. The summed E-state index contributed by atoms with van der Waals surface area (Å²) < 4.78 is 15.6. The van der Waals surface area contributed by atoms with Gasteiger partial charge < -0.3 is 9.47 Å². The minimum atomic E-state index is -0.228. The number of nitrogens with zero attached hydrogens (tertiary/aromatic N) is 5. The van der Waals surface area contributed by atoms with Gasteiger partial charge in [0.2, 0.25) is 4.96 Å². The summed E-state index contributed by atoms with van der Waals surface area (Å²) in [4.78, 5) is 18.7. The molecular formula is C39H33N5O3S. The summed E-state index contributed by atoms with van der Waals surface area (Å²) in [5.74, 6) is 2.05. The smallest absolute Gasteiger partial charge is 0.291 e. The Hall–Kier alpha value is -5.80. The van der Waals surface area contributed by atoms with Crippen LogP contribution < -0.4 is 19.6 Å². The van der Waals surface area contributed by atoms with Crippen molar-refractivity contribution in [3.05, 3.63) is 153 Å². The fraction of sp³-hybridized carbons (Fsp3) is 0.128. The monoisotopic (exact) mass is 651 g/mol. The normalized spacial score (nSPS) is 11.9. The predicted octanol–water partition coefficient (Wildman–Crippen LogP) is 7.48. The third-order valence-corrected chi connectivity index (χ3v) is 8.63. The van der Waals surface area contributed by atoms with Crippen LogP contribution in [0.4, 0.5) is 0 Å². The van der Waals surface area contributed by atoms with E-state index in [1.165, 1.54) is 15.9 Å². The number of benzene rings is 4. The molecule has 0 saturated heterocycles. The van der Waals surface area contributed by atoms with E-state index in [2.05, 4.69) is 17.0 Å². The topological polar surface area (TPSA) is 83.5 Å². The van der Waals surface area contributed by atoms with E-state index in [1.54, 1.807) is 0 Å². The molecule has 0 unspecified atom stereocenters. The molecule has 0 spiro atoms. The lowest BCUT2D eigenvalue weighted by Crippen LogP contribution is -2.23. The molecule has 0 amide bonds. The van der Waals surface area contributed by atoms with Crippen LogP contribution in [-0.2, 0) is 6.61 Å². The summed E-state index contributed by atoms with van der Waals surface area (Å²) >= 11 is 1.30.